The van der Waals surface area contributed by atoms with Gasteiger partial charge in [0.1, 0.15) is 6.10 Å². The summed E-state index contributed by atoms with van der Waals surface area (Å²) in [7, 11) is 0. The van der Waals surface area contributed by atoms with Gasteiger partial charge in [0, 0.05) is 0 Å². The zero-order valence-corrected chi connectivity index (χ0v) is 12.1. The summed E-state index contributed by atoms with van der Waals surface area (Å²) in [5.74, 6) is -2.78. The standard InChI is InChI=1S/C6H8O6.BrH.K/c7-1-2(8)5-3(9)4(10)6(11)12-5;;/h2,5,7-10H,1H2;1H;/q;;+1/p-1/t2-,5+;;/m0../s1. The van der Waals surface area contributed by atoms with Crippen LogP contribution in [0.4, 0.5) is 0 Å². The zero-order valence-electron chi connectivity index (χ0n) is 7.35. The third-order valence-electron chi connectivity index (χ3n) is 1.48. The number of aliphatic hydroxyl groups excluding tert-OH is 4. The van der Waals surface area contributed by atoms with Gasteiger partial charge >= 0.3 is 57.4 Å². The summed E-state index contributed by atoms with van der Waals surface area (Å²) < 4.78 is 4.32. The van der Waals surface area contributed by atoms with Gasteiger partial charge < -0.3 is 42.1 Å². The molecular formula is C6H8BrKO6. The van der Waals surface area contributed by atoms with Crippen molar-refractivity contribution in [1.29, 1.82) is 0 Å². The molecule has 4 N–H and O–H groups in total. The Morgan fingerprint density at radius 2 is 1.93 bits per heavy atom. The van der Waals surface area contributed by atoms with Gasteiger partial charge in [-0.15, -0.1) is 0 Å². The van der Waals surface area contributed by atoms with E-state index in [2.05, 4.69) is 4.74 Å². The average Bonchev–Trinajstić information content (AvgIpc) is 2.32. The number of hydrogen-bond donors (Lipinski definition) is 4. The minimum atomic E-state index is -1.42. The third-order valence-corrected chi connectivity index (χ3v) is 1.48. The molecule has 14 heavy (non-hydrogen) atoms. The number of esters is 1. The van der Waals surface area contributed by atoms with Gasteiger partial charge in [0.05, 0.1) is 6.61 Å². The summed E-state index contributed by atoms with van der Waals surface area (Å²) in [6.45, 7) is -0.671. The van der Waals surface area contributed by atoms with E-state index in [1.807, 2.05) is 0 Å². The van der Waals surface area contributed by atoms with Crippen LogP contribution in [0.5, 0.6) is 0 Å². The van der Waals surface area contributed by atoms with Gasteiger partial charge in [0.25, 0.3) is 0 Å². The van der Waals surface area contributed by atoms with E-state index in [1.165, 1.54) is 0 Å². The molecule has 0 unspecified atom stereocenters. The van der Waals surface area contributed by atoms with Gasteiger partial charge in [-0.25, -0.2) is 4.79 Å². The van der Waals surface area contributed by atoms with Crippen LogP contribution in [0.2, 0.25) is 0 Å². The minimum Gasteiger partial charge on any atom is -1.00 e. The largest absolute Gasteiger partial charge is 1.00 e. The summed E-state index contributed by atoms with van der Waals surface area (Å²) in [6, 6.07) is 0. The summed E-state index contributed by atoms with van der Waals surface area (Å²) in [5, 5.41) is 35.0. The fourth-order valence-electron chi connectivity index (χ4n) is 0.823. The van der Waals surface area contributed by atoms with E-state index in [-0.39, 0.29) is 68.4 Å². The second-order valence-electron chi connectivity index (χ2n) is 2.31. The molecule has 0 radical (unpaired) electrons. The van der Waals surface area contributed by atoms with Crippen LogP contribution in [0.15, 0.2) is 11.5 Å². The van der Waals surface area contributed by atoms with Crippen LogP contribution in [0.25, 0.3) is 0 Å². The van der Waals surface area contributed by atoms with Crippen LogP contribution in [0, 0.1) is 0 Å². The molecule has 0 aromatic carbocycles. The molecule has 76 valence electrons. The van der Waals surface area contributed by atoms with Crippen molar-refractivity contribution >= 4 is 5.97 Å². The first kappa shape index (κ1) is 17.2. The molecule has 1 rings (SSSR count). The number of halogens is 1. The minimum absolute atomic E-state index is 0. The predicted molar refractivity (Wildman–Crippen MR) is 35.3 cm³/mol. The number of cyclic esters (lactones) is 1. The first-order chi connectivity index (χ1) is 5.57. The summed E-state index contributed by atoms with van der Waals surface area (Å²) in [4.78, 5) is 10.5. The van der Waals surface area contributed by atoms with Gasteiger partial charge in [-0.1, -0.05) is 0 Å². The second kappa shape index (κ2) is 7.17. The fourth-order valence-corrected chi connectivity index (χ4v) is 0.823. The smallest absolute Gasteiger partial charge is 1.00 e. The van der Waals surface area contributed by atoms with Crippen molar-refractivity contribution in [1.82, 2.24) is 0 Å². The number of rotatable bonds is 2. The molecule has 0 aliphatic carbocycles. The maximum Gasteiger partial charge on any atom is 1.00 e. The van der Waals surface area contributed by atoms with E-state index >= 15 is 0 Å². The Labute approximate surface area is 133 Å². The maximum atomic E-state index is 10.5. The Morgan fingerprint density at radius 3 is 2.21 bits per heavy atom. The number of carbonyl (C=O) groups is 1. The molecule has 0 saturated heterocycles. The Bertz CT molecular complexity index is 242. The molecule has 0 spiro atoms. The molecule has 0 saturated carbocycles. The summed E-state index contributed by atoms with van der Waals surface area (Å²) in [5.41, 5.74) is 0. The third kappa shape index (κ3) is 3.45. The number of carbonyl (C=O) groups excluding carboxylic acids is 1. The first-order valence-electron chi connectivity index (χ1n) is 3.20. The van der Waals surface area contributed by atoms with Crippen molar-refractivity contribution in [2.45, 2.75) is 12.2 Å². The van der Waals surface area contributed by atoms with E-state index in [9.17, 15) is 4.79 Å². The topological polar surface area (TPSA) is 107 Å². The van der Waals surface area contributed by atoms with Crippen molar-refractivity contribution < 1.29 is 98.3 Å². The van der Waals surface area contributed by atoms with E-state index in [1.54, 1.807) is 0 Å². The maximum absolute atomic E-state index is 10.5. The monoisotopic (exact) mass is 294 g/mol. The second-order valence-corrected chi connectivity index (χ2v) is 2.31. The first-order valence-corrected chi connectivity index (χ1v) is 3.20. The number of ether oxygens (including phenoxy) is 1. The molecule has 1 aliphatic heterocycles. The molecule has 6 nitrogen and oxygen atoms in total. The Balaban J connectivity index is 0. The van der Waals surface area contributed by atoms with Crippen molar-refractivity contribution in [3.8, 4) is 0 Å². The number of aliphatic hydroxyl groups is 4. The molecule has 0 amide bonds. The van der Waals surface area contributed by atoms with Crippen LogP contribution < -0.4 is 68.4 Å². The van der Waals surface area contributed by atoms with E-state index in [4.69, 9.17) is 20.4 Å². The van der Waals surface area contributed by atoms with Gasteiger partial charge in [0.15, 0.2) is 11.9 Å². The van der Waals surface area contributed by atoms with Crippen LogP contribution in [-0.4, -0.2) is 45.2 Å². The van der Waals surface area contributed by atoms with Crippen molar-refractivity contribution in [3.05, 3.63) is 11.5 Å². The van der Waals surface area contributed by atoms with Gasteiger partial charge in [-0.3, -0.25) is 0 Å². The van der Waals surface area contributed by atoms with Gasteiger partial charge in [0.2, 0.25) is 5.76 Å². The summed E-state index contributed by atoms with van der Waals surface area (Å²) >= 11 is 0. The van der Waals surface area contributed by atoms with Crippen molar-refractivity contribution in [3.63, 3.8) is 0 Å². The van der Waals surface area contributed by atoms with E-state index < -0.39 is 36.3 Å². The van der Waals surface area contributed by atoms with Crippen LogP contribution >= 0.6 is 0 Å². The predicted octanol–water partition coefficient (Wildman–Crippen LogP) is -7.40. The van der Waals surface area contributed by atoms with Crippen LogP contribution in [-0.2, 0) is 9.53 Å². The molecule has 2 atom stereocenters. The normalized spacial score (nSPS) is 22.1. The fraction of sp³-hybridized carbons (Fsp3) is 0.500. The van der Waals surface area contributed by atoms with Crippen molar-refractivity contribution in [2.75, 3.05) is 6.61 Å². The molecule has 0 aromatic heterocycles. The molecule has 0 bridgehead atoms. The van der Waals surface area contributed by atoms with Gasteiger partial charge in [-0.05, 0) is 0 Å². The molecular weight excluding hydrogens is 287 g/mol. The molecule has 0 fully saturated rings. The Kier molecular flexibility index (Phi) is 8.84. The van der Waals surface area contributed by atoms with Crippen LogP contribution in [0.1, 0.15) is 0 Å². The SMILES string of the molecule is O=C1O[C@H]([C@@H](O)CO)C(O)=C1O.[Br-].[K+]. The van der Waals surface area contributed by atoms with Crippen LogP contribution in [0.3, 0.4) is 0 Å². The molecule has 1 heterocycles. The van der Waals surface area contributed by atoms with E-state index in [0.717, 1.165) is 0 Å². The Morgan fingerprint density at radius 1 is 1.43 bits per heavy atom. The zero-order chi connectivity index (χ0) is 9.30. The molecule has 1 aliphatic rings. The van der Waals surface area contributed by atoms with Gasteiger partial charge in [-0.2, -0.15) is 0 Å². The molecule has 8 heteroatoms. The number of hydrogen-bond acceptors (Lipinski definition) is 6. The summed E-state index contributed by atoms with van der Waals surface area (Å²) in [6.07, 6.45) is -2.78. The van der Waals surface area contributed by atoms with E-state index in [0.29, 0.717) is 0 Å². The Hall–Kier alpha value is 0.846. The molecule has 0 aromatic rings. The van der Waals surface area contributed by atoms with Crippen molar-refractivity contribution in [2.24, 2.45) is 0 Å². The average molecular weight is 295 g/mol. The quantitative estimate of drug-likeness (QED) is 0.298.